The van der Waals surface area contributed by atoms with Crippen molar-refractivity contribution in [1.82, 2.24) is 15.1 Å². The molecule has 2 saturated heterocycles. The summed E-state index contributed by atoms with van der Waals surface area (Å²) in [6, 6.07) is 1.60. The quantitative estimate of drug-likeness (QED) is 0.802. The first kappa shape index (κ1) is 13.8. The largest absolute Gasteiger partial charge is 0.379 e. The molecule has 4 nitrogen and oxygen atoms in total. The molecule has 3 fully saturated rings. The van der Waals surface area contributed by atoms with E-state index in [0.29, 0.717) is 0 Å². The molecule has 0 aromatic carbocycles. The molecule has 110 valence electrons. The van der Waals surface area contributed by atoms with Gasteiger partial charge in [0.25, 0.3) is 0 Å². The summed E-state index contributed by atoms with van der Waals surface area (Å²) < 4.78 is 5.44. The summed E-state index contributed by atoms with van der Waals surface area (Å²) in [6.07, 6.45) is 7.01. The standard InChI is InChI=1S/C15H29N3O/c1-2-4-14(3-1)16-6-8-17-7-5-15(13-17)18-9-11-19-12-10-18/h14-16H,1-13H2. The van der Waals surface area contributed by atoms with Gasteiger partial charge in [-0.1, -0.05) is 12.8 Å². The average Bonchev–Trinajstić information content (AvgIpc) is 3.11. The molecule has 1 N–H and O–H groups in total. The minimum absolute atomic E-state index is 0.787. The van der Waals surface area contributed by atoms with Crippen LogP contribution in [0.15, 0.2) is 0 Å². The lowest BCUT2D eigenvalue weighted by molar-refractivity contribution is 0.0185. The first-order valence-electron chi connectivity index (χ1n) is 8.19. The molecule has 19 heavy (non-hydrogen) atoms. The lowest BCUT2D eigenvalue weighted by Crippen LogP contribution is -2.45. The lowest BCUT2D eigenvalue weighted by Gasteiger charge is -2.32. The van der Waals surface area contributed by atoms with Gasteiger partial charge in [0.1, 0.15) is 0 Å². The van der Waals surface area contributed by atoms with E-state index < -0.39 is 0 Å². The van der Waals surface area contributed by atoms with Crippen molar-refractivity contribution < 1.29 is 4.74 Å². The number of likely N-dealkylation sites (tertiary alicyclic amines) is 1. The van der Waals surface area contributed by atoms with Crippen LogP contribution >= 0.6 is 0 Å². The van der Waals surface area contributed by atoms with E-state index in [1.165, 1.54) is 58.3 Å². The number of nitrogens with one attached hydrogen (secondary N) is 1. The van der Waals surface area contributed by atoms with Crippen LogP contribution in [-0.2, 0) is 4.74 Å². The predicted octanol–water partition coefficient (Wildman–Crippen LogP) is 0.925. The van der Waals surface area contributed by atoms with Gasteiger partial charge in [0.2, 0.25) is 0 Å². The van der Waals surface area contributed by atoms with Crippen LogP contribution in [0.2, 0.25) is 0 Å². The van der Waals surface area contributed by atoms with Crippen molar-refractivity contribution in [1.29, 1.82) is 0 Å². The van der Waals surface area contributed by atoms with Crippen LogP contribution in [0, 0.1) is 0 Å². The van der Waals surface area contributed by atoms with E-state index >= 15 is 0 Å². The molecule has 1 atom stereocenters. The van der Waals surface area contributed by atoms with Crippen molar-refractivity contribution in [2.24, 2.45) is 0 Å². The fourth-order valence-electron chi connectivity index (χ4n) is 3.81. The van der Waals surface area contributed by atoms with Crippen LogP contribution in [0.3, 0.4) is 0 Å². The maximum absolute atomic E-state index is 5.44. The molecule has 1 unspecified atom stereocenters. The van der Waals surface area contributed by atoms with Crippen LogP contribution in [-0.4, -0.2) is 74.4 Å². The normalized spacial score (nSPS) is 31.3. The molecule has 2 heterocycles. The minimum Gasteiger partial charge on any atom is -0.379 e. The Morgan fingerprint density at radius 3 is 2.58 bits per heavy atom. The van der Waals surface area contributed by atoms with Crippen molar-refractivity contribution in [3.63, 3.8) is 0 Å². The maximum atomic E-state index is 5.44. The predicted molar refractivity (Wildman–Crippen MR) is 77.5 cm³/mol. The minimum atomic E-state index is 0.787. The third-order valence-corrected chi connectivity index (χ3v) is 5.03. The number of nitrogens with zero attached hydrogens (tertiary/aromatic N) is 2. The molecule has 1 saturated carbocycles. The second-order valence-corrected chi connectivity index (χ2v) is 6.33. The number of hydrogen-bond donors (Lipinski definition) is 1. The van der Waals surface area contributed by atoms with Gasteiger partial charge in [-0.2, -0.15) is 0 Å². The van der Waals surface area contributed by atoms with Crippen LogP contribution < -0.4 is 5.32 Å². The maximum Gasteiger partial charge on any atom is 0.0594 e. The second kappa shape index (κ2) is 7.02. The molecule has 1 aliphatic carbocycles. The second-order valence-electron chi connectivity index (χ2n) is 6.33. The highest BCUT2D eigenvalue weighted by Gasteiger charge is 2.28. The summed E-state index contributed by atoms with van der Waals surface area (Å²) in [6.45, 7) is 9.11. The zero-order chi connectivity index (χ0) is 12.9. The van der Waals surface area contributed by atoms with E-state index in [1.807, 2.05) is 0 Å². The number of rotatable bonds is 5. The summed E-state index contributed by atoms with van der Waals surface area (Å²) in [5, 5.41) is 3.73. The Balaban J connectivity index is 1.32. The fourth-order valence-corrected chi connectivity index (χ4v) is 3.81. The number of hydrogen-bond acceptors (Lipinski definition) is 4. The molecule has 0 bridgehead atoms. The SMILES string of the molecule is C1CCC(NCCN2CCC(N3CCOCC3)C2)C1. The van der Waals surface area contributed by atoms with Crippen molar-refractivity contribution >= 4 is 0 Å². The van der Waals surface area contributed by atoms with E-state index in [0.717, 1.165) is 38.4 Å². The monoisotopic (exact) mass is 267 g/mol. The highest BCUT2D eigenvalue weighted by atomic mass is 16.5. The molecule has 3 aliphatic rings. The van der Waals surface area contributed by atoms with Crippen LogP contribution in [0.25, 0.3) is 0 Å². The highest BCUT2D eigenvalue weighted by molar-refractivity contribution is 4.85. The summed E-state index contributed by atoms with van der Waals surface area (Å²) >= 11 is 0. The Labute approximate surface area is 117 Å². The van der Waals surface area contributed by atoms with Crippen LogP contribution in [0.4, 0.5) is 0 Å². The van der Waals surface area contributed by atoms with Gasteiger partial charge in [-0.05, 0) is 25.8 Å². The van der Waals surface area contributed by atoms with Gasteiger partial charge in [-0.15, -0.1) is 0 Å². The first-order chi connectivity index (χ1) is 9.42. The van der Waals surface area contributed by atoms with Crippen molar-refractivity contribution in [2.45, 2.75) is 44.2 Å². The van der Waals surface area contributed by atoms with Gasteiger partial charge >= 0.3 is 0 Å². The highest BCUT2D eigenvalue weighted by Crippen LogP contribution is 2.18. The number of morpholine rings is 1. The third kappa shape index (κ3) is 3.91. The summed E-state index contributed by atoms with van der Waals surface area (Å²) in [4.78, 5) is 5.27. The molecule has 0 spiro atoms. The molecular weight excluding hydrogens is 238 g/mol. The lowest BCUT2D eigenvalue weighted by atomic mass is 10.2. The van der Waals surface area contributed by atoms with E-state index in [4.69, 9.17) is 4.74 Å². The zero-order valence-electron chi connectivity index (χ0n) is 12.1. The smallest absolute Gasteiger partial charge is 0.0594 e. The Morgan fingerprint density at radius 1 is 1.00 bits per heavy atom. The van der Waals surface area contributed by atoms with E-state index in [9.17, 15) is 0 Å². The van der Waals surface area contributed by atoms with Crippen LogP contribution in [0.5, 0.6) is 0 Å². The molecule has 4 heteroatoms. The van der Waals surface area contributed by atoms with E-state index in [-0.39, 0.29) is 0 Å². The zero-order valence-corrected chi connectivity index (χ0v) is 12.1. The van der Waals surface area contributed by atoms with Gasteiger partial charge in [0, 0.05) is 44.8 Å². The average molecular weight is 267 g/mol. The Hall–Kier alpha value is -0.160. The van der Waals surface area contributed by atoms with Crippen molar-refractivity contribution in [3.05, 3.63) is 0 Å². The Bertz CT molecular complexity index is 262. The molecule has 0 amide bonds. The fraction of sp³-hybridized carbons (Fsp3) is 1.00. The molecular formula is C15H29N3O. The molecule has 0 aromatic rings. The first-order valence-corrected chi connectivity index (χ1v) is 8.19. The van der Waals surface area contributed by atoms with Gasteiger partial charge in [-0.25, -0.2) is 0 Å². The van der Waals surface area contributed by atoms with Crippen molar-refractivity contribution in [2.75, 3.05) is 52.5 Å². The van der Waals surface area contributed by atoms with Crippen molar-refractivity contribution in [3.8, 4) is 0 Å². The van der Waals surface area contributed by atoms with Gasteiger partial charge in [0.15, 0.2) is 0 Å². The molecule has 2 aliphatic heterocycles. The van der Waals surface area contributed by atoms with E-state index in [1.54, 1.807) is 0 Å². The van der Waals surface area contributed by atoms with Gasteiger partial charge in [-0.3, -0.25) is 4.90 Å². The van der Waals surface area contributed by atoms with E-state index in [2.05, 4.69) is 15.1 Å². The Kier molecular flexibility index (Phi) is 5.10. The van der Waals surface area contributed by atoms with Gasteiger partial charge in [0.05, 0.1) is 13.2 Å². The van der Waals surface area contributed by atoms with Crippen LogP contribution in [0.1, 0.15) is 32.1 Å². The summed E-state index contributed by atoms with van der Waals surface area (Å²) in [5.74, 6) is 0. The number of ether oxygens (including phenoxy) is 1. The summed E-state index contributed by atoms with van der Waals surface area (Å²) in [7, 11) is 0. The Morgan fingerprint density at radius 2 is 1.79 bits per heavy atom. The summed E-state index contributed by atoms with van der Waals surface area (Å²) in [5.41, 5.74) is 0. The molecule has 0 aromatic heterocycles. The third-order valence-electron chi connectivity index (χ3n) is 5.03. The van der Waals surface area contributed by atoms with Gasteiger partial charge < -0.3 is 15.0 Å². The topological polar surface area (TPSA) is 27.7 Å². The molecule has 0 radical (unpaired) electrons. The molecule has 3 rings (SSSR count).